The molecule has 9 nitrogen and oxygen atoms in total. The molecule has 1 heterocycles. The van der Waals surface area contributed by atoms with Crippen molar-refractivity contribution in [1.29, 1.82) is 0 Å². The minimum absolute atomic E-state index is 0.00988. The zero-order valence-electron chi connectivity index (χ0n) is 15.9. The molecule has 2 aromatic carbocycles. The fraction of sp³-hybridized carbons (Fsp3) is 0.158. The molecule has 0 aliphatic heterocycles. The zero-order valence-corrected chi connectivity index (χ0v) is 16.8. The highest BCUT2D eigenvalue weighted by molar-refractivity contribution is 7.90. The number of hydrogen-bond donors (Lipinski definition) is 1. The number of hydrogen-bond acceptors (Lipinski definition) is 8. The van der Waals surface area contributed by atoms with E-state index in [4.69, 9.17) is 19.9 Å². The number of anilines is 1. The number of carbonyl (C=O) groups excluding carboxylic acids is 1. The summed E-state index contributed by atoms with van der Waals surface area (Å²) in [5.41, 5.74) is 6.85. The van der Waals surface area contributed by atoms with Crippen molar-refractivity contribution in [2.75, 3.05) is 20.0 Å². The van der Waals surface area contributed by atoms with Crippen molar-refractivity contribution >= 4 is 21.8 Å². The molecule has 0 saturated carbocycles. The van der Waals surface area contributed by atoms with E-state index in [1.807, 2.05) is 6.92 Å². The number of esters is 1. The van der Waals surface area contributed by atoms with Crippen molar-refractivity contribution in [1.82, 2.24) is 9.19 Å². The number of benzene rings is 2. The number of nitrogens with two attached hydrogens (primary N) is 1. The maximum absolute atomic E-state index is 12.7. The third-order valence-electron chi connectivity index (χ3n) is 4.04. The van der Waals surface area contributed by atoms with Crippen LogP contribution in [-0.2, 0) is 10.0 Å². The summed E-state index contributed by atoms with van der Waals surface area (Å²) in [5.74, 6) is -0.419. The number of nitrogen functional groups attached to an aromatic ring is 1. The van der Waals surface area contributed by atoms with Crippen LogP contribution in [0.4, 0.5) is 5.82 Å². The molecule has 2 N–H and O–H groups in total. The number of aryl methyl sites for hydroxylation is 1. The first kappa shape index (κ1) is 20.2. The first-order valence-electron chi connectivity index (χ1n) is 8.38. The number of ether oxygens (including phenoxy) is 3. The highest BCUT2D eigenvalue weighted by atomic mass is 32.2. The van der Waals surface area contributed by atoms with E-state index in [2.05, 4.69) is 5.10 Å². The summed E-state index contributed by atoms with van der Waals surface area (Å²) < 4.78 is 41.5. The van der Waals surface area contributed by atoms with Crippen molar-refractivity contribution in [2.24, 2.45) is 0 Å². The van der Waals surface area contributed by atoms with Gasteiger partial charge in [-0.25, -0.2) is 4.79 Å². The number of nitrogens with zero attached hydrogens (tertiary/aromatic N) is 2. The Hall–Kier alpha value is -3.53. The quantitative estimate of drug-likeness (QED) is 0.606. The third kappa shape index (κ3) is 4.02. The fourth-order valence-electron chi connectivity index (χ4n) is 2.53. The van der Waals surface area contributed by atoms with Crippen LogP contribution in [-0.4, -0.2) is 37.8 Å². The van der Waals surface area contributed by atoms with Crippen LogP contribution in [0.25, 0.3) is 0 Å². The molecular weight excluding hydrogens is 398 g/mol. The minimum atomic E-state index is -4.03. The minimum Gasteiger partial charge on any atom is -0.493 e. The molecule has 0 atom stereocenters. The van der Waals surface area contributed by atoms with Gasteiger partial charge in [-0.1, -0.05) is 17.7 Å². The van der Waals surface area contributed by atoms with Crippen LogP contribution >= 0.6 is 0 Å². The summed E-state index contributed by atoms with van der Waals surface area (Å²) in [5, 5.41) is 3.83. The molecule has 0 bridgehead atoms. The first-order chi connectivity index (χ1) is 13.8. The van der Waals surface area contributed by atoms with Gasteiger partial charge in [-0.2, -0.15) is 8.42 Å². The average molecular weight is 417 g/mol. The highest BCUT2D eigenvalue weighted by Crippen LogP contribution is 2.28. The Morgan fingerprint density at radius 2 is 1.66 bits per heavy atom. The molecule has 0 unspecified atom stereocenters. The van der Waals surface area contributed by atoms with Crippen LogP contribution in [0, 0.1) is 6.92 Å². The molecule has 0 amide bonds. The monoisotopic (exact) mass is 417 g/mol. The summed E-state index contributed by atoms with van der Waals surface area (Å²) >= 11 is 0. The highest BCUT2D eigenvalue weighted by Gasteiger charge is 2.23. The predicted molar refractivity (Wildman–Crippen MR) is 105 cm³/mol. The van der Waals surface area contributed by atoms with Gasteiger partial charge in [0.1, 0.15) is 5.82 Å². The van der Waals surface area contributed by atoms with Gasteiger partial charge in [-0.05, 0) is 37.3 Å². The Morgan fingerprint density at radius 1 is 1.00 bits per heavy atom. The second-order valence-electron chi connectivity index (χ2n) is 6.03. The van der Waals surface area contributed by atoms with Gasteiger partial charge in [0.15, 0.2) is 11.5 Å². The molecule has 29 heavy (non-hydrogen) atoms. The van der Waals surface area contributed by atoms with Crippen molar-refractivity contribution < 1.29 is 27.4 Å². The summed E-state index contributed by atoms with van der Waals surface area (Å²) in [7, 11) is -1.13. The van der Waals surface area contributed by atoms with Crippen LogP contribution in [0.15, 0.2) is 53.4 Å². The standard InChI is InChI=1S/C19H19N3O6S/c1-12-4-7-14(8-5-12)29(24,25)22-17(20)11-18(21-22)28-19(23)13-6-9-15(26-2)16(10-13)27-3/h4-11H,20H2,1-3H3. The lowest BCUT2D eigenvalue weighted by Gasteiger charge is -2.08. The number of carbonyl (C=O) groups is 1. The molecule has 0 fully saturated rings. The molecule has 10 heteroatoms. The lowest BCUT2D eigenvalue weighted by Crippen LogP contribution is -2.17. The Bertz CT molecular complexity index is 1150. The Balaban J connectivity index is 1.87. The SMILES string of the molecule is COc1ccc(C(=O)Oc2cc(N)n(S(=O)(=O)c3ccc(C)cc3)n2)cc1OC. The van der Waals surface area contributed by atoms with Crippen LogP contribution in [0.5, 0.6) is 17.4 Å². The maximum Gasteiger partial charge on any atom is 0.345 e. The van der Waals surface area contributed by atoms with Crippen molar-refractivity contribution in [2.45, 2.75) is 11.8 Å². The predicted octanol–water partition coefficient (Wildman–Crippen LogP) is 2.25. The van der Waals surface area contributed by atoms with Gasteiger partial charge in [0.2, 0.25) is 5.88 Å². The molecule has 0 radical (unpaired) electrons. The van der Waals surface area contributed by atoms with Crippen LogP contribution in [0.3, 0.4) is 0 Å². The molecule has 0 aliphatic carbocycles. The average Bonchev–Trinajstić information content (AvgIpc) is 3.08. The molecule has 3 rings (SSSR count). The Labute approximate surface area is 167 Å². The van der Waals surface area contributed by atoms with Gasteiger partial charge in [0, 0.05) is 6.07 Å². The van der Waals surface area contributed by atoms with E-state index in [1.165, 1.54) is 38.5 Å². The van der Waals surface area contributed by atoms with Gasteiger partial charge in [0.25, 0.3) is 10.0 Å². The maximum atomic E-state index is 12.7. The Kier molecular flexibility index (Phi) is 5.46. The van der Waals surface area contributed by atoms with E-state index in [-0.39, 0.29) is 22.2 Å². The van der Waals surface area contributed by atoms with Crippen LogP contribution in [0.1, 0.15) is 15.9 Å². The van der Waals surface area contributed by atoms with Gasteiger partial charge in [-0.15, -0.1) is 9.19 Å². The number of rotatable bonds is 6. The summed E-state index contributed by atoms with van der Waals surface area (Å²) in [6.07, 6.45) is 0. The third-order valence-corrected chi connectivity index (χ3v) is 5.66. The summed E-state index contributed by atoms with van der Waals surface area (Å²) in [6, 6.07) is 11.8. The molecule has 3 aromatic rings. The van der Waals surface area contributed by atoms with E-state index in [1.54, 1.807) is 18.2 Å². The largest absolute Gasteiger partial charge is 0.493 e. The summed E-state index contributed by atoms with van der Waals surface area (Å²) in [6.45, 7) is 1.84. The summed E-state index contributed by atoms with van der Waals surface area (Å²) in [4.78, 5) is 12.4. The van der Waals surface area contributed by atoms with Gasteiger partial charge >= 0.3 is 5.97 Å². The second-order valence-corrected chi connectivity index (χ2v) is 7.80. The lowest BCUT2D eigenvalue weighted by molar-refractivity contribution is 0.0726. The van der Waals surface area contributed by atoms with Crippen molar-refractivity contribution in [3.63, 3.8) is 0 Å². The second kappa shape index (κ2) is 7.84. The zero-order chi connectivity index (χ0) is 21.2. The van der Waals surface area contributed by atoms with E-state index >= 15 is 0 Å². The van der Waals surface area contributed by atoms with Gasteiger partial charge in [0.05, 0.1) is 24.7 Å². The van der Waals surface area contributed by atoms with E-state index in [0.717, 1.165) is 11.6 Å². The number of aromatic nitrogens is 2. The van der Waals surface area contributed by atoms with Gasteiger partial charge in [-0.3, -0.25) is 0 Å². The smallest absolute Gasteiger partial charge is 0.345 e. The van der Waals surface area contributed by atoms with Gasteiger partial charge < -0.3 is 19.9 Å². The van der Waals surface area contributed by atoms with E-state index < -0.39 is 16.0 Å². The van der Waals surface area contributed by atoms with Crippen LogP contribution < -0.4 is 19.9 Å². The van der Waals surface area contributed by atoms with Crippen molar-refractivity contribution in [3.8, 4) is 17.4 Å². The molecule has 0 spiro atoms. The lowest BCUT2D eigenvalue weighted by atomic mass is 10.2. The molecule has 0 aliphatic rings. The van der Waals surface area contributed by atoms with Crippen LogP contribution in [0.2, 0.25) is 0 Å². The molecule has 1 aromatic heterocycles. The molecule has 0 saturated heterocycles. The molecular formula is C19H19N3O6S. The van der Waals surface area contributed by atoms with E-state index in [0.29, 0.717) is 15.6 Å². The van der Waals surface area contributed by atoms with E-state index in [9.17, 15) is 13.2 Å². The molecule has 152 valence electrons. The number of methoxy groups -OCH3 is 2. The van der Waals surface area contributed by atoms with Crippen molar-refractivity contribution in [3.05, 3.63) is 59.7 Å². The Morgan fingerprint density at radius 3 is 2.28 bits per heavy atom. The topological polar surface area (TPSA) is 123 Å². The first-order valence-corrected chi connectivity index (χ1v) is 9.82. The fourth-order valence-corrected chi connectivity index (χ4v) is 3.73. The normalized spacial score (nSPS) is 11.1.